The van der Waals surface area contributed by atoms with Crippen LogP contribution in [0.2, 0.25) is 0 Å². The lowest BCUT2D eigenvalue weighted by molar-refractivity contribution is -0.138. The number of carbonyl (C=O) groups is 1. The van der Waals surface area contributed by atoms with Crippen molar-refractivity contribution in [1.82, 2.24) is 4.90 Å². The van der Waals surface area contributed by atoms with Crippen molar-refractivity contribution < 1.29 is 27.5 Å². The summed E-state index contributed by atoms with van der Waals surface area (Å²) in [6.45, 7) is 5.18. The van der Waals surface area contributed by atoms with Crippen LogP contribution in [0.3, 0.4) is 0 Å². The van der Waals surface area contributed by atoms with Gasteiger partial charge in [-0.15, -0.1) is 0 Å². The van der Waals surface area contributed by atoms with E-state index in [0.29, 0.717) is 42.1 Å². The highest BCUT2D eigenvalue weighted by Crippen LogP contribution is 2.39. The number of aliphatic carboxylic acids is 1. The van der Waals surface area contributed by atoms with Crippen LogP contribution in [0.15, 0.2) is 42.5 Å². The second kappa shape index (κ2) is 10.0. The van der Waals surface area contributed by atoms with E-state index < -0.39 is 23.9 Å². The average molecular weight is 452 g/mol. The fourth-order valence-electron chi connectivity index (χ4n) is 4.32. The van der Waals surface area contributed by atoms with Gasteiger partial charge in [-0.2, -0.15) is 13.2 Å². The lowest BCUT2D eigenvalue weighted by atomic mass is 9.88. The molecule has 0 aliphatic carbocycles. The first-order chi connectivity index (χ1) is 15.0. The number of carboxylic acids is 1. The molecule has 1 N–H and O–H groups in total. The molecule has 174 valence electrons. The third kappa shape index (κ3) is 6.09. The fraction of sp³-hybridized carbons (Fsp3) is 0.480. The van der Waals surface area contributed by atoms with E-state index in [4.69, 9.17) is 0 Å². The van der Waals surface area contributed by atoms with Crippen molar-refractivity contribution in [3.05, 3.63) is 59.2 Å². The fourth-order valence-corrected chi connectivity index (χ4v) is 4.32. The summed E-state index contributed by atoms with van der Waals surface area (Å²) >= 11 is 0. The number of benzene rings is 2. The minimum absolute atomic E-state index is 0.0886. The van der Waals surface area contributed by atoms with Gasteiger partial charge in [-0.25, -0.2) is 4.39 Å². The zero-order chi connectivity index (χ0) is 23.5. The van der Waals surface area contributed by atoms with Gasteiger partial charge < -0.3 is 5.11 Å². The molecule has 32 heavy (non-hydrogen) atoms. The van der Waals surface area contributed by atoms with Crippen LogP contribution in [0.25, 0.3) is 11.1 Å². The SMILES string of the molecule is CC(C)CCC(c1ccc(CC(=O)O)cc1-c1ccc(C(F)(F)F)cc1)N1CC[C@@H](F)C1. The second-order valence-electron chi connectivity index (χ2n) is 8.94. The lowest BCUT2D eigenvalue weighted by Gasteiger charge is -2.31. The van der Waals surface area contributed by atoms with Crippen LogP contribution in [0.5, 0.6) is 0 Å². The summed E-state index contributed by atoms with van der Waals surface area (Å²) in [4.78, 5) is 13.3. The van der Waals surface area contributed by atoms with Gasteiger partial charge in [-0.05, 0) is 59.6 Å². The molecule has 3 nitrogen and oxygen atoms in total. The number of alkyl halides is 4. The molecule has 0 saturated carbocycles. The number of nitrogens with zero attached hydrogens (tertiary/aromatic N) is 1. The summed E-state index contributed by atoms with van der Waals surface area (Å²) in [7, 11) is 0. The maximum absolute atomic E-state index is 14.0. The van der Waals surface area contributed by atoms with Crippen molar-refractivity contribution in [1.29, 1.82) is 0 Å². The molecule has 3 rings (SSSR count). The minimum Gasteiger partial charge on any atom is -0.481 e. The molecule has 0 bridgehead atoms. The molecule has 2 aromatic rings. The standard InChI is InChI=1S/C25H29F4NO2/c1-16(2)3-10-23(30-12-11-20(26)15-30)21-9-4-17(14-24(31)32)13-22(21)18-5-7-19(8-6-18)25(27,28)29/h4-9,13,16,20,23H,3,10-12,14-15H2,1-2H3,(H,31,32)/t20-,23?/m1/s1. The Morgan fingerprint density at radius 3 is 2.34 bits per heavy atom. The Morgan fingerprint density at radius 2 is 1.81 bits per heavy atom. The van der Waals surface area contributed by atoms with Crippen LogP contribution in [0, 0.1) is 5.92 Å². The Labute approximate surface area is 186 Å². The third-order valence-corrected chi connectivity index (χ3v) is 5.98. The van der Waals surface area contributed by atoms with Gasteiger partial charge in [0.1, 0.15) is 6.17 Å². The quantitative estimate of drug-likeness (QED) is 0.465. The predicted molar refractivity (Wildman–Crippen MR) is 116 cm³/mol. The van der Waals surface area contributed by atoms with Crippen LogP contribution < -0.4 is 0 Å². The lowest BCUT2D eigenvalue weighted by Crippen LogP contribution is -2.28. The summed E-state index contributed by atoms with van der Waals surface area (Å²) in [5.41, 5.74) is 2.03. The first kappa shape index (κ1) is 24.2. The molecular formula is C25H29F4NO2. The Kier molecular flexibility index (Phi) is 7.59. The first-order valence-electron chi connectivity index (χ1n) is 10.9. The van der Waals surface area contributed by atoms with E-state index in [1.165, 1.54) is 12.1 Å². The molecule has 2 atom stereocenters. The molecule has 1 saturated heterocycles. The second-order valence-corrected chi connectivity index (χ2v) is 8.94. The van der Waals surface area contributed by atoms with E-state index in [1.54, 1.807) is 12.1 Å². The van der Waals surface area contributed by atoms with Gasteiger partial charge in [-0.3, -0.25) is 9.69 Å². The van der Waals surface area contributed by atoms with Gasteiger partial charge in [0.05, 0.1) is 12.0 Å². The van der Waals surface area contributed by atoms with Crippen LogP contribution in [-0.2, 0) is 17.4 Å². The molecule has 1 aliphatic rings. The Bertz CT molecular complexity index is 925. The Hall–Kier alpha value is -2.41. The molecular weight excluding hydrogens is 422 g/mol. The molecule has 1 unspecified atom stereocenters. The maximum Gasteiger partial charge on any atom is 0.416 e. The number of carboxylic acid groups (broad SMARTS) is 1. The van der Waals surface area contributed by atoms with Crippen molar-refractivity contribution in [3.8, 4) is 11.1 Å². The molecule has 1 heterocycles. The zero-order valence-corrected chi connectivity index (χ0v) is 18.3. The van der Waals surface area contributed by atoms with Crippen LogP contribution in [0.1, 0.15) is 55.8 Å². The number of hydrogen-bond acceptors (Lipinski definition) is 2. The van der Waals surface area contributed by atoms with E-state index in [0.717, 1.165) is 30.5 Å². The van der Waals surface area contributed by atoms with Crippen molar-refractivity contribution in [2.75, 3.05) is 13.1 Å². The van der Waals surface area contributed by atoms with Gasteiger partial charge in [0, 0.05) is 19.1 Å². The van der Waals surface area contributed by atoms with E-state index >= 15 is 0 Å². The smallest absolute Gasteiger partial charge is 0.416 e. The van der Waals surface area contributed by atoms with E-state index in [9.17, 15) is 27.5 Å². The average Bonchev–Trinajstić information content (AvgIpc) is 3.13. The molecule has 0 spiro atoms. The maximum atomic E-state index is 14.0. The number of halogens is 4. The van der Waals surface area contributed by atoms with Gasteiger partial charge in [0.15, 0.2) is 0 Å². The largest absolute Gasteiger partial charge is 0.481 e. The van der Waals surface area contributed by atoms with E-state index in [-0.39, 0.29) is 12.5 Å². The predicted octanol–water partition coefficient (Wildman–Crippen LogP) is 6.52. The van der Waals surface area contributed by atoms with Gasteiger partial charge in [0.2, 0.25) is 0 Å². The summed E-state index contributed by atoms with van der Waals surface area (Å²) < 4.78 is 53.2. The highest BCUT2D eigenvalue weighted by Gasteiger charge is 2.32. The van der Waals surface area contributed by atoms with Crippen LogP contribution in [0.4, 0.5) is 17.6 Å². The summed E-state index contributed by atoms with van der Waals surface area (Å²) in [5, 5.41) is 9.20. The highest BCUT2D eigenvalue weighted by atomic mass is 19.4. The van der Waals surface area contributed by atoms with Gasteiger partial charge >= 0.3 is 12.1 Å². The molecule has 0 amide bonds. The van der Waals surface area contributed by atoms with Gasteiger partial charge in [0.25, 0.3) is 0 Å². The normalized spacial score (nSPS) is 18.3. The van der Waals surface area contributed by atoms with Crippen LogP contribution >= 0.6 is 0 Å². The highest BCUT2D eigenvalue weighted by molar-refractivity contribution is 5.74. The van der Waals surface area contributed by atoms with E-state index in [2.05, 4.69) is 18.7 Å². The van der Waals surface area contributed by atoms with Crippen molar-refractivity contribution in [2.45, 2.75) is 57.9 Å². The molecule has 0 aromatic heterocycles. The summed E-state index contributed by atoms with van der Waals surface area (Å²) in [5.74, 6) is -0.533. The van der Waals surface area contributed by atoms with Crippen molar-refractivity contribution in [3.63, 3.8) is 0 Å². The minimum atomic E-state index is -4.43. The van der Waals surface area contributed by atoms with Crippen molar-refractivity contribution >= 4 is 5.97 Å². The topological polar surface area (TPSA) is 40.5 Å². The Morgan fingerprint density at radius 1 is 1.12 bits per heavy atom. The molecule has 2 aromatic carbocycles. The zero-order valence-electron chi connectivity index (χ0n) is 18.3. The van der Waals surface area contributed by atoms with Crippen LogP contribution in [-0.4, -0.2) is 35.2 Å². The third-order valence-electron chi connectivity index (χ3n) is 5.98. The molecule has 7 heteroatoms. The summed E-state index contributed by atoms with van der Waals surface area (Å²) in [6, 6.07) is 10.2. The van der Waals surface area contributed by atoms with E-state index in [1.807, 2.05) is 6.07 Å². The molecule has 0 radical (unpaired) electrons. The summed E-state index contributed by atoms with van der Waals surface area (Å²) in [6.07, 6.45) is -3.33. The number of likely N-dealkylation sites (tertiary alicyclic amines) is 1. The first-order valence-corrected chi connectivity index (χ1v) is 10.9. The number of rotatable bonds is 8. The molecule has 1 fully saturated rings. The Balaban J connectivity index is 2.06. The van der Waals surface area contributed by atoms with Gasteiger partial charge in [-0.1, -0.05) is 44.2 Å². The number of hydrogen-bond donors (Lipinski definition) is 1. The van der Waals surface area contributed by atoms with Crippen molar-refractivity contribution in [2.24, 2.45) is 5.92 Å². The molecule has 1 aliphatic heterocycles. The monoisotopic (exact) mass is 451 g/mol.